The predicted molar refractivity (Wildman–Crippen MR) is 565 cm³/mol. The maximum absolute atomic E-state index is 13.0. The molecule has 7 aliphatic rings. The number of carboxylic acids is 5. The maximum atomic E-state index is 13.0. The zero-order valence-electron chi connectivity index (χ0n) is 76.0. The van der Waals surface area contributed by atoms with E-state index in [2.05, 4.69) is 179 Å². The van der Waals surface area contributed by atoms with Crippen LogP contribution in [0.2, 0.25) is 5.02 Å². The lowest BCUT2D eigenvalue weighted by Gasteiger charge is -2.36. The summed E-state index contributed by atoms with van der Waals surface area (Å²) in [5.41, 5.74) is 13.7. The van der Waals surface area contributed by atoms with E-state index in [1.807, 2.05) is 39.7 Å². The molecule has 28 nitrogen and oxygen atoms in total. The molecule has 11 aromatic heterocycles. The van der Waals surface area contributed by atoms with Crippen molar-refractivity contribution >= 4 is 258 Å². The van der Waals surface area contributed by atoms with Gasteiger partial charge in [0.2, 0.25) is 18.9 Å². The lowest BCUT2D eigenvalue weighted by Crippen LogP contribution is -2.42. The second-order valence-corrected chi connectivity index (χ2v) is 53.7. The molecule has 7 aliphatic carbocycles. The van der Waals surface area contributed by atoms with Gasteiger partial charge in [-0.2, -0.15) is 13.2 Å². The van der Waals surface area contributed by atoms with Gasteiger partial charge in [-0.25, -0.2) is 9.97 Å². The standard InChI is InChI=1S/C21H22Br2N4O2S2.C21H19BrF3N3O2S2.C18H18BrN5O2S2.C18H20BrN3O2S2.C13H13BrClN3O2S2/c1-21(2,19(28)29)31-20-26-25-10-27(20)18-13-7-5-4-6-12(13)17(30-18)11-8-14(22)16(24-3)15(23)9-11;1-20(2,17(29)30)32-19-27-26-18(22)28(19)16-14-6-4-3-5-13(14)15(31-16)11-7-9-12(10-8-11)21(23,24)25;1-18(2,15(25)26)28-17-23-22-16(19)24(17)14-11-6-4-3-5-10(11)13(27-14)12-7-8-20-9-21-12;19-16-20-21-17(26-18(15(23)24)8-3-9-18)22(16)14-12-5-2-1-4-11(12)13(25-14)10-6-7-10;1-13(2,10(19)20)22-12-17-16-11(14)18(12)8-5-7(15)9(21-8)6-3-4-6/h8-10,24H,4-7H2,1-3H3,(H,28,29);7-10H,3-6H2,1-2H3,(H,29,30);7-9H,3-6H2,1-2H3,(H,25,26);10H,1-9H2,(H,23,24);5-6H,3-4H2,1-2H3,(H,19,20). The summed E-state index contributed by atoms with van der Waals surface area (Å²) in [4.78, 5) is 72.5. The smallest absolute Gasteiger partial charge is 0.416 e. The van der Waals surface area contributed by atoms with E-state index in [-0.39, 0.29) is 0 Å². The maximum Gasteiger partial charge on any atom is 0.416 e. The topological polar surface area (TPSA) is 378 Å². The van der Waals surface area contributed by atoms with E-state index in [4.69, 9.17) is 11.6 Å². The van der Waals surface area contributed by atoms with Crippen molar-refractivity contribution in [2.75, 3.05) is 12.4 Å². The predicted octanol–water partition coefficient (Wildman–Crippen LogP) is 26.9. The molecule has 0 aliphatic heterocycles. The number of hydrogen-bond acceptors (Lipinski definition) is 28. The van der Waals surface area contributed by atoms with Crippen molar-refractivity contribution in [2.45, 2.75) is 271 Å². The summed E-state index contributed by atoms with van der Waals surface area (Å²) in [5.74, 6) is -3.06. The Kier molecular flexibility index (Phi) is 32.8. The first-order valence-corrected chi connectivity index (χ1v) is 57.7. The molecular formula is C91H92Br6ClF3N18O10S10. The van der Waals surface area contributed by atoms with Gasteiger partial charge in [-0.15, -0.1) is 108 Å². The van der Waals surface area contributed by atoms with Gasteiger partial charge in [0.15, 0.2) is 25.8 Å². The zero-order valence-corrected chi connectivity index (χ0v) is 94.4. The summed E-state index contributed by atoms with van der Waals surface area (Å²) >= 11 is 42.0. The van der Waals surface area contributed by atoms with Crippen LogP contribution in [0, 0.1) is 0 Å². The molecule has 0 spiro atoms. The Morgan fingerprint density at radius 2 is 0.849 bits per heavy atom. The van der Waals surface area contributed by atoms with E-state index in [1.165, 1.54) is 153 Å². The second-order valence-electron chi connectivity index (χ2n) is 36.0. The van der Waals surface area contributed by atoms with Crippen molar-refractivity contribution in [1.29, 1.82) is 0 Å². The Balaban J connectivity index is 0.000000126. The van der Waals surface area contributed by atoms with E-state index in [9.17, 15) is 62.7 Å². The lowest BCUT2D eigenvalue weighted by atomic mass is 9.84. The van der Waals surface area contributed by atoms with Crippen molar-refractivity contribution in [1.82, 2.24) is 83.8 Å². The number of halogens is 10. The number of rotatable bonds is 26. The fraction of sp³-hybridized carbons (Fsp3) is 0.440. The number of aliphatic carboxylic acids is 5. The fourth-order valence-electron chi connectivity index (χ4n) is 16.4. The first kappa shape index (κ1) is 105. The number of thioether (sulfide) groups is 5. The van der Waals surface area contributed by atoms with Gasteiger partial charge in [0.25, 0.3) is 0 Å². The number of anilines is 1. The van der Waals surface area contributed by atoms with Crippen molar-refractivity contribution in [3.8, 4) is 56.5 Å². The van der Waals surface area contributed by atoms with Crippen molar-refractivity contribution in [3.05, 3.63) is 160 Å². The van der Waals surface area contributed by atoms with Crippen LogP contribution in [0.5, 0.6) is 0 Å². The summed E-state index contributed by atoms with van der Waals surface area (Å²) in [6.45, 7) is 13.2. The van der Waals surface area contributed by atoms with Gasteiger partial charge in [-0.05, 0) is 403 Å². The second kappa shape index (κ2) is 43.3. The molecule has 0 bridgehead atoms. The highest BCUT2D eigenvalue weighted by Crippen LogP contribution is 2.56. The number of carbonyl (C=O) groups is 5. The largest absolute Gasteiger partial charge is 0.480 e. The highest BCUT2D eigenvalue weighted by Gasteiger charge is 2.48. The molecule has 0 saturated heterocycles. The molecule has 6 N–H and O–H groups in total. The number of carboxylic acid groups (broad SMARTS) is 5. The third-order valence-corrected chi connectivity index (χ3v) is 40.8. The summed E-state index contributed by atoms with van der Waals surface area (Å²) in [6, 6.07) is 13.4. The number of nitrogens with one attached hydrogen (secondary N) is 1. The molecule has 0 radical (unpaired) electrons. The minimum absolute atomic E-state index is 0.442. The van der Waals surface area contributed by atoms with Crippen LogP contribution in [0.25, 0.3) is 56.5 Å². The molecule has 0 atom stereocenters. The van der Waals surface area contributed by atoms with E-state index in [0.29, 0.717) is 63.5 Å². The van der Waals surface area contributed by atoms with Crippen LogP contribution in [-0.4, -0.2) is 170 Å². The summed E-state index contributed by atoms with van der Waals surface area (Å²) in [7, 11) is 1.90. The van der Waals surface area contributed by atoms with Gasteiger partial charge < -0.3 is 30.8 Å². The van der Waals surface area contributed by atoms with Gasteiger partial charge in [0.1, 0.15) is 61.4 Å². The van der Waals surface area contributed by atoms with Gasteiger partial charge in [-0.1, -0.05) is 82.5 Å². The Morgan fingerprint density at radius 1 is 0.453 bits per heavy atom. The van der Waals surface area contributed by atoms with E-state index >= 15 is 0 Å². The molecule has 736 valence electrons. The third kappa shape index (κ3) is 22.9. The quantitative estimate of drug-likeness (QED) is 0.0274. The summed E-state index contributed by atoms with van der Waals surface area (Å²) < 4.78 is 47.9. The number of thiophene rings is 5. The number of aromatic nitrogens is 17. The molecule has 0 unspecified atom stereocenters. The van der Waals surface area contributed by atoms with Crippen LogP contribution in [-0.2, 0) is 81.5 Å². The van der Waals surface area contributed by atoms with Gasteiger partial charge in [-0.3, -0.25) is 46.8 Å². The Labute approximate surface area is 894 Å². The molecule has 3 saturated carbocycles. The zero-order chi connectivity index (χ0) is 99.4. The molecule has 0 amide bonds. The van der Waals surface area contributed by atoms with Crippen LogP contribution in [0.1, 0.15) is 223 Å². The molecule has 139 heavy (non-hydrogen) atoms. The molecule has 2 aromatic carbocycles. The highest BCUT2D eigenvalue weighted by molar-refractivity contribution is 9.11. The lowest BCUT2D eigenvalue weighted by molar-refractivity contribution is -0.142. The van der Waals surface area contributed by atoms with Crippen LogP contribution >= 0.6 is 223 Å². The third-order valence-electron chi connectivity index (χ3n) is 24.5. The number of hydrogen-bond donors (Lipinski definition) is 6. The van der Waals surface area contributed by atoms with Crippen LogP contribution in [0.15, 0.2) is 121 Å². The normalized spacial score (nSPS) is 15.6. The number of fused-ring (bicyclic) bond motifs is 4. The fourth-order valence-corrected chi connectivity index (χ4v) is 33.1. The van der Waals surface area contributed by atoms with Crippen molar-refractivity contribution in [2.24, 2.45) is 0 Å². The number of nitrogens with zero attached hydrogens (tertiary/aromatic N) is 17. The summed E-state index contributed by atoms with van der Waals surface area (Å²) in [6.07, 6.45) is 25.1. The number of alkyl halides is 3. The molecular weight excluding hydrogens is 2400 g/mol. The summed E-state index contributed by atoms with van der Waals surface area (Å²) in [5, 5.41) is 101. The van der Waals surface area contributed by atoms with E-state index in [1.54, 1.807) is 128 Å². The van der Waals surface area contributed by atoms with Crippen molar-refractivity contribution < 1.29 is 62.7 Å². The minimum atomic E-state index is -4.38. The first-order valence-electron chi connectivity index (χ1n) is 44.4. The SMILES string of the molecule is CC(C)(Sc1nnc(Br)n1-c1cc(Cl)c(C2CC2)s1)C(=O)O.CC(C)(Sc1nnc(Br)n1-c1sc(-c2ccc(C(F)(F)F)cc2)c2c1CCCC2)C(=O)O.CC(C)(Sc1nnc(Br)n1-c1sc(-c2ccncn2)c2c1CCCC2)C(=O)O.CNc1c(Br)cc(-c2sc(-n3cnnc3SC(C)(C)C(=O)O)c3c2CCCC3)cc1Br.O=C(O)C1(Sc2nnc(Br)n2-c2sc(C3CC3)c3c2CCCC3)CCC1. The number of benzene rings is 2. The van der Waals surface area contributed by atoms with Crippen LogP contribution in [0.4, 0.5) is 18.9 Å². The molecule has 20 rings (SSSR count). The molecule has 48 heteroatoms. The monoisotopic (exact) mass is 2480 g/mol. The minimum Gasteiger partial charge on any atom is -0.480 e. The molecule has 13 aromatic rings. The average molecular weight is 2490 g/mol. The van der Waals surface area contributed by atoms with Gasteiger partial charge in [0, 0.05) is 41.7 Å². The molecule has 3 fully saturated rings. The Morgan fingerprint density at radius 3 is 1.29 bits per heavy atom. The first-order chi connectivity index (χ1) is 66.0. The average Bonchev–Trinajstić information content (AvgIpc) is 1.61. The van der Waals surface area contributed by atoms with E-state index in [0.717, 1.165) is 202 Å². The Hall–Kier alpha value is -6.42. The van der Waals surface area contributed by atoms with Gasteiger partial charge in [0.05, 0.1) is 26.8 Å². The van der Waals surface area contributed by atoms with Gasteiger partial charge >= 0.3 is 36.0 Å². The Bertz CT molecular complexity index is 6810. The van der Waals surface area contributed by atoms with Crippen molar-refractivity contribution in [3.63, 3.8) is 0 Å². The molecule has 11 heterocycles. The van der Waals surface area contributed by atoms with Crippen LogP contribution < -0.4 is 5.32 Å². The highest BCUT2D eigenvalue weighted by atomic mass is 79.9. The van der Waals surface area contributed by atoms with E-state index < -0.39 is 65.3 Å². The van der Waals surface area contributed by atoms with Crippen LogP contribution in [0.3, 0.4) is 0 Å².